The van der Waals surface area contributed by atoms with Gasteiger partial charge in [0.25, 0.3) is 5.69 Å². The Morgan fingerprint density at radius 2 is 2.07 bits per heavy atom. The van der Waals surface area contributed by atoms with Gasteiger partial charge >= 0.3 is 0 Å². The molecule has 0 saturated carbocycles. The van der Waals surface area contributed by atoms with E-state index >= 15 is 0 Å². The average molecular weight is 393 g/mol. The van der Waals surface area contributed by atoms with E-state index in [-0.39, 0.29) is 11.6 Å². The van der Waals surface area contributed by atoms with Crippen molar-refractivity contribution >= 4 is 11.6 Å². The topological polar surface area (TPSA) is 115 Å². The summed E-state index contributed by atoms with van der Waals surface area (Å²) in [5.74, 6) is 1.17. The molecule has 29 heavy (non-hydrogen) atoms. The van der Waals surface area contributed by atoms with Gasteiger partial charge in [-0.1, -0.05) is 12.1 Å². The molecule has 2 heterocycles. The number of methoxy groups -OCH3 is 1. The van der Waals surface area contributed by atoms with Crippen LogP contribution in [0.3, 0.4) is 0 Å². The van der Waals surface area contributed by atoms with E-state index in [9.17, 15) is 15.2 Å². The van der Waals surface area contributed by atoms with Gasteiger partial charge in [-0.05, 0) is 29.8 Å². The van der Waals surface area contributed by atoms with E-state index < -0.39 is 4.92 Å². The van der Waals surface area contributed by atoms with Gasteiger partial charge in [0.1, 0.15) is 11.4 Å². The third kappa shape index (κ3) is 3.62. The van der Waals surface area contributed by atoms with Gasteiger partial charge in [-0.2, -0.15) is 9.78 Å². The number of aliphatic imine (C=N–C) groups is 1. The van der Waals surface area contributed by atoms with Crippen LogP contribution in [0.5, 0.6) is 11.6 Å². The summed E-state index contributed by atoms with van der Waals surface area (Å²) >= 11 is 0. The fraction of sp³-hybridized carbons (Fsp3) is 0.200. The van der Waals surface area contributed by atoms with E-state index in [2.05, 4.69) is 15.4 Å². The molecule has 3 aromatic rings. The molecule has 4 rings (SSSR count). The van der Waals surface area contributed by atoms with Crippen molar-refractivity contribution in [2.75, 3.05) is 20.2 Å². The molecule has 0 radical (unpaired) electrons. The maximum absolute atomic E-state index is 11.0. The number of rotatable bonds is 5. The quantitative estimate of drug-likeness (QED) is 0.509. The fourth-order valence-corrected chi connectivity index (χ4v) is 3.24. The van der Waals surface area contributed by atoms with E-state index in [1.165, 1.54) is 16.8 Å². The first-order chi connectivity index (χ1) is 14.1. The first kappa shape index (κ1) is 18.5. The fourth-order valence-electron chi connectivity index (χ4n) is 3.24. The van der Waals surface area contributed by atoms with Crippen molar-refractivity contribution in [2.24, 2.45) is 4.99 Å². The van der Waals surface area contributed by atoms with Gasteiger partial charge in [-0.15, -0.1) is 0 Å². The Morgan fingerprint density at radius 3 is 2.72 bits per heavy atom. The molecule has 9 nitrogen and oxygen atoms in total. The minimum Gasteiger partial charge on any atom is -0.497 e. The smallest absolute Gasteiger partial charge is 0.269 e. The Morgan fingerprint density at radius 1 is 1.28 bits per heavy atom. The summed E-state index contributed by atoms with van der Waals surface area (Å²) < 4.78 is 6.66. The molecule has 1 aromatic heterocycles. The molecule has 0 spiro atoms. The minimum atomic E-state index is -0.450. The molecule has 0 aliphatic carbocycles. The lowest BCUT2D eigenvalue weighted by Crippen LogP contribution is -2.26. The summed E-state index contributed by atoms with van der Waals surface area (Å²) in [5.41, 5.74) is 2.73. The Hall–Kier alpha value is -3.88. The van der Waals surface area contributed by atoms with E-state index in [1.54, 1.807) is 19.2 Å². The number of ether oxygens (including phenoxy) is 1. The molecule has 0 unspecified atom stereocenters. The molecule has 1 aliphatic rings. The van der Waals surface area contributed by atoms with Gasteiger partial charge in [-0.25, -0.2) is 4.99 Å². The van der Waals surface area contributed by atoms with Crippen LogP contribution in [0.25, 0.3) is 11.3 Å². The number of benzene rings is 2. The summed E-state index contributed by atoms with van der Waals surface area (Å²) in [6, 6.07) is 13.7. The van der Waals surface area contributed by atoms with Gasteiger partial charge < -0.3 is 15.2 Å². The Kier molecular flexibility index (Phi) is 4.86. The molecule has 148 valence electrons. The van der Waals surface area contributed by atoms with Crippen molar-refractivity contribution in [3.8, 4) is 22.9 Å². The third-order valence-corrected chi connectivity index (χ3v) is 4.68. The van der Waals surface area contributed by atoms with Crippen molar-refractivity contribution in [2.45, 2.75) is 6.42 Å². The van der Waals surface area contributed by atoms with Crippen molar-refractivity contribution in [1.29, 1.82) is 0 Å². The first-order valence-corrected chi connectivity index (χ1v) is 9.04. The summed E-state index contributed by atoms with van der Waals surface area (Å²) in [6.07, 6.45) is 0.405. The van der Waals surface area contributed by atoms with E-state index in [0.717, 1.165) is 5.56 Å². The molecule has 0 saturated heterocycles. The van der Waals surface area contributed by atoms with E-state index in [1.807, 2.05) is 24.3 Å². The number of non-ortho nitro benzene ring substituents is 1. The van der Waals surface area contributed by atoms with Crippen molar-refractivity contribution in [3.63, 3.8) is 0 Å². The zero-order valence-electron chi connectivity index (χ0n) is 15.7. The lowest BCUT2D eigenvalue weighted by atomic mass is 10.0. The van der Waals surface area contributed by atoms with Crippen LogP contribution in [0.15, 0.2) is 53.5 Å². The van der Waals surface area contributed by atoms with Crippen LogP contribution in [0, 0.1) is 10.1 Å². The lowest BCUT2D eigenvalue weighted by molar-refractivity contribution is -0.384. The number of aromatic nitrogens is 2. The molecule has 2 aromatic carbocycles. The lowest BCUT2D eigenvalue weighted by Gasteiger charge is -2.06. The van der Waals surface area contributed by atoms with Crippen molar-refractivity contribution in [3.05, 3.63) is 69.8 Å². The second-order valence-corrected chi connectivity index (χ2v) is 6.53. The zero-order valence-corrected chi connectivity index (χ0v) is 15.7. The molecule has 0 atom stereocenters. The summed E-state index contributed by atoms with van der Waals surface area (Å²) in [4.78, 5) is 14.8. The number of hydrogen-bond acceptors (Lipinski definition) is 7. The summed E-state index contributed by atoms with van der Waals surface area (Å²) in [7, 11) is 1.60. The molecule has 0 bridgehead atoms. The van der Waals surface area contributed by atoms with Crippen LogP contribution in [0.1, 0.15) is 11.1 Å². The van der Waals surface area contributed by atoms with Crippen LogP contribution in [-0.4, -0.2) is 46.0 Å². The Bertz CT molecular complexity index is 1090. The second kappa shape index (κ2) is 7.63. The standard InChI is InChI=1S/C20H19N5O4/c1-29-16-4-2-3-13(11-16)12-17-18(14-5-7-15(8-6-14)25(27)28)23-24(19(17)26)20-21-9-10-22-20/h2-8,11,26H,9-10,12H2,1H3,(H,21,22). The molecular formula is C20H19N5O4. The Labute approximate surface area is 166 Å². The predicted molar refractivity (Wildman–Crippen MR) is 107 cm³/mol. The van der Waals surface area contributed by atoms with Crippen LogP contribution >= 0.6 is 0 Å². The van der Waals surface area contributed by atoms with Gasteiger partial charge in [0.05, 0.1) is 18.6 Å². The maximum Gasteiger partial charge on any atom is 0.269 e. The highest BCUT2D eigenvalue weighted by atomic mass is 16.6. The molecule has 2 N–H and O–H groups in total. The highest BCUT2D eigenvalue weighted by Gasteiger charge is 2.23. The minimum absolute atomic E-state index is 0.00594. The molecule has 9 heteroatoms. The van der Waals surface area contributed by atoms with Crippen LogP contribution in [-0.2, 0) is 6.42 Å². The number of hydrogen-bond donors (Lipinski definition) is 2. The second-order valence-electron chi connectivity index (χ2n) is 6.53. The highest BCUT2D eigenvalue weighted by Crippen LogP contribution is 2.33. The number of nitro groups is 1. The number of nitrogens with zero attached hydrogens (tertiary/aromatic N) is 4. The van der Waals surface area contributed by atoms with Crippen molar-refractivity contribution < 1.29 is 14.8 Å². The normalized spacial score (nSPS) is 13.1. The van der Waals surface area contributed by atoms with E-state index in [4.69, 9.17) is 4.74 Å². The summed E-state index contributed by atoms with van der Waals surface area (Å²) in [6.45, 7) is 1.28. The number of nitro benzene ring substituents is 1. The zero-order chi connectivity index (χ0) is 20.4. The molecular weight excluding hydrogens is 374 g/mol. The van der Waals surface area contributed by atoms with Gasteiger partial charge in [0.2, 0.25) is 11.8 Å². The first-order valence-electron chi connectivity index (χ1n) is 9.04. The SMILES string of the molecule is COc1cccc(Cc2c(-c3ccc([N+](=O)[O-])cc3)nn(C3=NCCN3)c2O)c1. The Balaban J connectivity index is 1.79. The predicted octanol–water partition coefficient (Wildman–Crippen LogP) is 2.57. The van der Waals surface area contributed by atoms with Gasteiger partial charge in [-0.3, -0.25) is 10.1 Å². The number of nitrogens with one attached hydrogen (secondary N) is 1. The van der Waals surface area contributed by atoms with Crippen LogP contribution in [0.2, 0.25) is 0 Å². The van der Waals surface area contributed by atoms with Crippen LogP contribution < -0.4 is 10.1 Å². The average Bonchev–Trinajstić information content (AvgIpc) is 3.37. The van der Waals surface area contributed by atoms with Crippen LogP contribution in [0.4, 0.5) is 5.69 Å². The monoisotopic (exact) mass is 393 g/mol. The van der Waals surface area contributed by atoms with Gasteiger partial charge in [0.15, 0.2) is 0 Å². The van der Waals surface area contributed by atoms with Crippen molar-refractivity contribution in [1.82, 2.24) is 15.1 Å². The molecule has 0 fully saturated rings. The summed E-state index contributed by atoms with van der Waals surface area (Å²) in [5, 5.41) is 29.5. The molecule has 0 amide bonds. The van der Waals surface area contributed by atoms with E-state index in [0.29, 0.717) is 48.0 Å². The number of aromatic hydroxyl groups is 1. The largest absolute Gasteiger partial charge is 0.497 e. The molecule has 1 aliphatic heterocycles. The third-order valence-electron chi connectivity index (χ3n) is 4.68. The van der Waals surface area contributed by atoms with Gasteiger partial charge in [0, 0.05) is 36.2 Å². The highest BCUT2D eigenvalue weighted by molar-refractivity contribution is 5.86. The maximum atomic E-state index is 11.0.